The second-order valence-electron chi connectivity index (χ2n) is 5.78. The zero-order chi connectivity index (χ0) is 21.3. The first-order valence-electron chi connectivity index (χ1n) is 7.42. The maximum absolute atomic E-state index is 14.1. The molecule has 0 saturated heterocycles. The Labute approximate surface area is 156 Å². The Bertz CT molecular complexity index is 1010. The number of rotatable bonds is 5. The first-order chi connectivity index (χ1) is 12.7. The molecule has 0 heterocycles. The van der Waals surface area contributed by atoms with E-state index < -0.39 is 49.9 Å². The summed E-state index contributed by atoms with van der Waals surface area (Å²) in [5, 5.41) is 10.8. The number of carbonyl (C=O) groups excluding carboxylic acids is 1. The van der Waals surface area contributed by atoms with Crippen molar-refractivity contribution in [2.45, 2.75) is 23.6 Å². The monoisotopic (exact) mass is 424 g/mol. The van der Waals surface area contributed by atoms with Crippen LogP contribution in [0.3, 0.4) is 0 Å². The van der Waals surface area contributed by atoms with Gasteiger partial charge in [0.2, 0.25) is 5.60 Å². The van der Waals surface area contributed by atoms with E-state index in [2.05, 4.69) is 0 Å². The van der Waals surface area contributed by atoms with Gasteiger partial charge in [-0.15, -0.1) is 0 Å². The number of benzene rings is 2. The highest BCUT2D eigenvalue weighted by atomic mass is 32.2. The lowest BCUT2D eigenvalue weighted by Crippen LogP contribution is -2.52. The van der Waals surface area contributed by atoms with Gasteiger partial charge in [0.25, 0.3) is 15.9 Å². The maximum atomic E-state index is 14.1. The van der Waals surface area contributed by atoms with Crippen molar-refractivity contribution < 1.29 is 40.3 Å². The molecule has 3 N–H and O–H groups in total. The van der Waals surface area contributed by atoms with Crippen LogP contribution in [0.25, 0.3) is 0 Å². The van der Waals surface area contributed by atoms with Crippen molar-refractivity contribution in [2.24, 2.45) is 0 Å². The Balaban J connectivity index is 2.25. The molecule has 28 heavy (non-hydrogen) atoms. The van der Waals surface area contributed by atoms with Crippen LogP contribution in [-0.4, -0.2) is 31.2 Å². The van der Waals surface area contributed by atoms with Crippen molar-refractivity contribution in [3.8, 4) is 0 Å². The molecule has 0 bridgehead atoms. The molecule has 0 aliphatic rings. The van der Waals surface area contributed by atoms with Gasteiger partial charge in [-0.1, -0.05) is 6.07 Å². The summed E-state index contributed by atoms with van der Waals surface area (Å²) in [7, 11) is -4.35. The van der Waals surface area contributed by atoms with E-state index in [1.54, 1.807) is 5.32 Å². The van der Waals surface area contributed by atoms with E-state index in [0.717, 1.165) is 18.2 Å². The predicted molar refractivity (Wildman–Crippen MR) is 88.9 cm³/mol. The van der Waals surface area contributed by atoms with Crippen molar-refractivity contribution >= 4 is 27.3 Å². The molecule has 0 saturated carbocycles. The minimum absolute atomic E-state index is 0.140. The van der Waals surface area contributed by atoms with E-state index in [-0.39, 0.29) is 12.6 Å². The molecule has 0 unspecified atom stereocenters. The third kappa shape index (κ3) is 4.57. The van der Waals surface area contributed by atoms with Crippen LogP contribution in [0.5, 0.6) is 0 Å². The average Bonchev–Trinajstić information content (AvgIpc) is 2.55. The summed E-state index contributed by atoms with van der Waals surface area (Å²) in [6.45, 7) is 0.183. The number of carbonyl (C=O) groups is 1. The number of hydrogen-bond donors (Lipinski definition) is 3. The predicted octanol–water partition coefficient (Wildman–Crippen LogP) is 3.02. The fourth-order valence-electron chi connectivity index (χ4n) is 1.90. The van der Waals surface area contributed by atoms with Gasteiger partial charge in [-0.3, -0.25) is 9.52 Å². The Kier molecular flexibility index (Phi) is 5.67. The van der Waals surface area contributed by atoms with Crippen LogP contribution in [0.1, 0.15) is 6.92 Å². The number of aliphatic hydroxyl groups is 1. The second-order valence-corrected chi connectivity index (χ2v) is 7.46. The second kappa shape index (κ2) is 7.36. The van der Waals surface area contributed by atoms with E-state index in [4.69, 9.17) is 0 Å². The van der Waals surface area contributed by atoms with Gasteiger partial charge in [-0.2, -0.15) is 13.2 Å². The molecule has 6 nitrogen and oxygen atoms in total. The number of halogens is 5. The highest BCUT2D eigenvalue weighted by molar-refractivity contribution is 7.92. The number of sulfonamides is 1. The van der Waals surface area contributed by atoms with Crippen LogP contribution < -0.4 is 10.0 Å². The number of amides is 1. The minimum Gasteiger partial charge on any atom is -0.373 e. The van der Waals surface area contributed by atoms with Gasteiger partial charge in [0.05, 0.1) is 16.3 Å². The number of alkyl halides is 3. The van der Waals surface area contributed by atoms with Crippen molar-refractivity contribution in [1.82, 2.24) is 0 Å². The van der Waals surface area contributed by atoms with E-state index in [1.165, 1.54) is 12.1 Å². The first kappa shape index (κ1) is 21.6. The SMILES string of the molecule is C[C@@](O)(C(=O)Nc1ccc(S(=O)(=O)Nc2cccc(F)c2)cc1F)C(F)(F)F. The molecule has 0 fully saturated rings. The van der Waals surface area contributed by atoms with Gasteiger partial charge < -0.3 is 10.4 Å². The van der Waals surface area contributed by atoms with Crippen LogP contribution in [0.4, 0.5) is 33.3 Å². The molecule has 2 rings (SSSR count). The Morgan fingerprint density at radius 1 is 1.07 bits per heavy atom. The summed E-state index contributed by atoms with van der Waals surface area (Å²) >= 11 is 0. The molecular formula is C16H13F5N2O4S. The standard InChI is InChI=1S/C16H13F5N2O4S/c1-15(25,16(19,20)21)14(24)22-13-6-5-11(8-12(13)18)28(26,27)23-10-4-2-3-9(17)7-10/h2-8,23,25H,1H3,(H,22,24)/t15-/m1/s1. The fraction of sp³-hybridized carbons (Fsp3) is 0.188. The molecule has 12 heteroatoms. The summed E-state index contributed by atoms with van der Waals surface area (Å²) in [5.74, 6) is -4.04. The van der Waals surface area contributed by atoms with Gasteiger partial charge in [0.1, 0.15) is 11.6 Å². The maximum Gasteiger partial charge on any atom is 0.426 e. The topological polar surface area (TPSA) is 95.5 Å². The molecule has 2 aromatic carbocycles. The molecule has 1 amide bonds. The van der Waals surface area contributed by atoms with Crippen LogP contribution in [0.15, 0.2) is 47.4 Å². The summed E-state index contributed by atoms with van der Waals surface area (Å²) in [4.78, 5) is 10.9. The van der Waals surface area contributed by atoms with E-state index in [0.29, 0.717) is 12.1 Å². The molecule has 0 spiro atoms. The fourth-order valence-corrected chi connectivity index (χ4v) is 2.96. The van der Waals surface area contributed by atoms with Gasteiger partial charge >= 0.3 is 6.18 Å². The van der Waals surface area contributed by atoms with Crippen molar-refractivity contribution in [2.75, 3.05) is 10.0 Å². The number of nitrogens with one attached hydrogen (secondary N) is 2. The molecule has 0 radical (unpaired) electrons. The lowest BCUT2D eigenvalue weighted by atomic mass is 10.1. The molecule has 152 valence electrons. The summed E-state index contributed by atoms with van der Waals surface area (Å²) in [6.07, 6.45) is -5.31. The molecular weight excluding hydrogens is 411 g/mol. The van der Waals surface area contributed by atoms with E-state index in [9.17, 15) is 40.3 Å². The lowest BCUT2D eigenvalue weighted by Gasteiger charge is -2.25. The van der Waals surface area contributed by atoms with Crippen molar-refractivity contribution in [1.29, 1.82) is 0 Å². The molecule has 2 aromatic rings. The van der Waals surface area contributed by atoms with E-state index in [1.807, 2.05) is 4.72 Å². The first-order valence-corrected chi connectivity index (χ1v) is 8.91. The van der Waals surface area contributed by atoms with Crippen molar-refractivity contribution in [3.05, 3.63) is 54.1 Å². The summed E-state index contributed by atoms with van der Waals surface area (Å²) < 4.78 is 91.5. The van der Waals surface area contributed by atoms with E-state index >= 15 is 0 Å². The molecule has 1 atom stereocenters. The van der Waals surface area contributed by atoms with Crippen LogP contribution in [-0.2, 0) is 14.8 Å². The number of anilines is 2. The smallest absolute Gasteiger partial charge is 0.373 e. The lowest BCUT2D eigenvalue weighted by molar-refractivity contribution is -0.242. The Morgan fingerprint density at radius 3 is 2.25 bits per heavy atom. The van der Waals surface area contributed by atoms with Gasteiger partial charge in [-0.25, -0.2) is 17.2 Å². The normalized spacial score (nSPS) is 14.2. The average molecular weight is 424 g/mol. The molecule has 0 aliphatic heterocycles. The zero-order valence-electron chi connectivity index (χ0n) is 14.0. The third-order valence-electron chi connectivity index (χ3n) is 3.57. The Morgan fingerprint density at radius 2 is 1.71 bits per heavy atom. The van der Waals surface area contributed by atoms with Crippen LogP contribution in [0, 0.1) is 11.6 Å². The largest absolute Gasteiger partial charge is 0.426 e. The highest BCUT2D eigenvalue weighted by Gasteiger charge is 2.55. The van der Waals surface area contributed by atoms with Crippen LogP contribution >= 0.6 is 0 Å². The summed E-state index contributed by atoms with van der Waals surface area (Å²) in [5.41, 5.74) is -4.71. The van der Waals surface area contributed by atoms with Gasteiger partial charge in [0.15, 0.2) is 0 Å². The Hall–Kier alpha value is -2.73. The van der Waals surface area contributed by atoms with Gasteiger partial charge in [0, 0.05) is 0 Å². The summed E-state index contributed by atoms with van der Waals surface area (Å²) in [6, 6.07) is 6.39. The quantitative estimate of drug-likeness (QED) is 0.643. The molecule has 0 aromatic heterocycles. The zero-order valence-corrected chi connectivity index (χ0v) is 14.8. The number of hydrogen-bond acceptors (Lipinski definition) is 4. The molecule has 0 aliphatic carbocycles. The van der Waals surface area contributed by atoms with Crippen molar-refractivity contribution in [3.63, 3.8) is 0 Å². The highest BCUT2D eigenvalue weighted by Crippen LogP contribution is 2.31. The van der Waals surface area contributed by atoms with Crippen LogP contribution in [0.2, 0.25) is 0 Å². The van der Waals surface area contributed by atoms with Gasteiger partial charge in [-0.05, 0) is 43.3 Å². The third-order valence-corrected chi connectivity index (χ3v) is 4.95. The minimum atomic E-state index is -5.31.